The van der Waals surface area contributed by atoms with E-state index >= 15 is 0 Å². The first-order valence-electron chi connectivity index (χ1n) is 4.07. The lowest BCUT2D eigenvalue weighted by Gasteiger charge is -1.96. The molecule has 60 valence electrons. The Kier molecular flexibility index (Phi) is 6.61. The molecule has 0 unspecified atom stereocenters. The maximum atomic E-state index is 3.10. The van der Waals surface area contributed by atoms with Gasteiger partial charge in [0.2, 0.25) is 0 Å². The Hall–Kier alpha value is -0.300. The maximum absolute atomic E-state index is 3.10. The molecule has 1 N–H and O–H groups in total. The summed E-state index contributed by atoms with van der Waals surface area (Å²) in [4.78, 5) is 0. The zero-order valence-electron chi connectivity index (χ0n) is 7.35. The summed E-state index contributed by atoms with van der Waals surface area (Å²) in [7, 11) is 1.98. The molecule has 1 nitrogen and oxygen atoms in total. The summed E-state index contributed by atoms with van der Waals surface area (Å²) >= 11 is 0. The van der Waals surface area contributed by atoms with E-state index in [1.54, 1.807) is 0 Å². The van der Waals surface area contributed by atoms with Crippen molar-refractivity contribution in [3.8, 4) is 0 Å². The molecule has 0 heterocycles. The van der Waals surface area contributed by atoms with Crippen molar-refractivity contribution in [2.24, 2.45) is 5.92 Å². The number of rotatable bonds is 5. The Morgan fingerprint density at radius 2 is 2.00 bits per heavy atom. The van der Waals surface area contributed by atoms with E-state index in [1.165, 1.54) is 6.42 Å². The number of nitrogens with one attached hydrogen (secondary N) is 1. The third-order valence-electron chi connectivity index (χ3n) is 1.34. The fourth-order valence-electron chi connectivity index (χ4n) is 0.714. The van der Waals surface area contributed by atoms with Crippen molar-refractivity contribution in [1.82, 2.24) is 5.32 Å². The van der Waals surface area contributed by atoms with E-state index < -0.39 is 0 Å². The van der Waals surface area contributed by atoms with Gasteiger partial charge in [-0.3, -0.25) is 0 Å². The molecular weight excluding hydrogens is 122 g/mol. The molecule has 0 bridgehead atoms. The maximum Gasteiger partial charge on any atom is -0.00173 e. The van der Waals surface area contributed by atoms with Gasteiger partial charge in [0.05, 0.1) is 0 Å². The van der Waals surface area contributed by atoms with Crippen LogP contribution >= 0.6 is 0 Å². The molecule has 0 saturated carbocycles. The highest BCUT2D eigenvalue weighted by Gasteiger charge is 1.85. The molecule has 0 aliphatic carbocycles. The third-order valence-corrected chi connectivity index (χ3v) is 1.34. The van der Waals surface area contributed by atoms with Crippen LogP contribution in [0.5, 0.6) is 0 Å². The van der Waals surface area contributed by atoms with Gasteiger partial charge >= 0.3 is 0 Å². The van der Waals surface area contributed by atoms with Gasteiger partial charge in [-0.2, -0.15) is 0 Å². The molecule has 1 heteroatoms. The highest BCUT2D eigenvalue weighted by atomic mass is 14.8. The van der Waals surface area contributed by atoms with Crippen LogP contribution in [0.3, 0.4) is 0 Å². The van der Waals surface area contributed by atoms with Gasteiger partial charge in [0.15, 0.2) is 0 Å². The third kappa shape index (κ3) is 7.70. The second kappa shape index (κ2) is 6.81. The first-order valence-corrected chi connectivity index (χ1v) is 4.07. The molecule has 0 spiro atoms. The minimum atomic E-state index is 0.797. The van der Waals surface area contributed by atoms with Gasteiger partial charge < -0.3 is 5.32 Å². The fourth-order valence-corrected chi connectivity index (χ4v) is 0.714. The average molecular weight is 141 g/mol. The van der Waals surface area contributed by atoms with E-state index in [0.717, 1.165) is 18.9 Å². The van der Waals surface area contributed by atoms with Crippen molar-refractivity contribution >= 4 is 0 Å². The Balaban J connectivity index is 3.04. The van der Waals surface area contributed by atoms with E-state index in [-0.39, 0.29) is 0 Å². The Bertz CT molecular complexity index is 84.7. The van der Waals surface area contributed by atoms with E-state index in [2.05, 4.69) is 31.3 Å². The first-order chi connectivity index (χ1) is 4.77. The molecular formula is C9H19N. The van der Waals surface area contributed by atoms with Crippen LogP contribution in [0.2, 0.25) is 0 Å². The van der Waals surface area contributed by atoms with Crippen molar-refractivity contribution < 1.29 is 0 Å². The lowest BCUT2D eigenvalue weighted by Crippen LogP contribution is -2.05. The van der Waals surface area contributed by atoms with Crippen molar-refractivity contribution in [3.05, 3.63) is 12.2 Å². The number of allylic oxidation sites excluding steroid dienone is 1. The van der Waals surface area contributed by atoms with Crippen molar-refractivity contribution in [3.63, 3.8) is 0 Å². The molecule has 0 aromatic carbocycles. The molecule has 10 heavy (non-hydrogen) atoms. The van der Waals surface area contributed by atoms with Crippen LogP contribution in [0.4, 0.5) is 0 Å². The van der Waals surface area contributed by atoms with Crippen molar-refractivity contribution in [2.75, 3.05) is 13.6 Å². The number of hydrogen-bond donors (Lipinski definition) is 1. The Morgan fingerprint density at radius 3 is 2.50 bits per heavy atom. The summed E-state index contributed by atoms with van der Waals surface area (Å²) in [5.74, 6) is 0.797. The molecule has 0 amide bonds. The standard InChI is InChI=1S/C9H19N/c1-9(2)7-5-4-6-8-10-3/h4-5,9-10H,6-8H2,1-3H3/b5-4+. The quantitative estimate of drug-likeness (QED) is 0.457. The summed E-state index contributed by atoms with van der Waals surface area (Å²) in [6, 6.07) is 0. The number of hydrogen-bond acceptors (Lipinski definition) is 1. The predicted octanol–water partition coefficient (Wildman–Crippen LogP) is 2.20. The molecule has 0 fully saturated rings. The minimum Gasteiger partial charge on any atom is -0.319 e. The van der Waals surface area contributed by atoms with Crippen LogP contribution in [0.1, 0.15) is 26.7 Å². The molecule has 0 aliphatic heterocycles. The molecule has 0 atom stereocenters. The highest BCUT2D eigenvalue weighted by molar-refractivity contribution is 4.82. The lowest BCUT2D eigenvalue weighted by atomic mass is 10.1. The zero-order chi connectivity index (χ0) is 7.82. The van der Waals surface area contributed by atoms with Crippen LogP contribution in [-0.4, -0.2) is 13.6 Å². The highest BCUT2D eigenvalue weighted by Crippen LogP contribution is 1.99. The SMILES string of the molecule is CNCC/C=C/CC(C)C. The summed E-state index contributed by atoms with van der Waals surface area (Å²) in [5.41, 5.74) is 0. The zero-order valence-corrected chi connectivity index (χ0v) is 7.35. The van der Waals surface area contributed by atoms with Crippen LogP contribution in [-0.2, 0) is 0 Å². The smallest absolute Gasteiger partial charge is 0.00173 e. The van der Waals surface area contributed by atoms with E-state index in [4.69, 9.17) is 0 Å². The molecule has 0 radical (unpaired) electrons. The minimum absolute atomic E-state index is 0.797. The van der Waals surface area contributed by atoms with Gasteiger partial charge in [-0.15, -0.1) is 0 Å². The Morgan fingerprint density at radius 1 is 1.30 bits per heavy atom. The first kappa shape index (κ1) is 9.70. The fraction of sp³-hybridized carbons (Fsp3) is 0.778. The molecule has 0 aromatic heterocycles. The van der Waals surface area contributed by atoms with Gasteiger partial charge in [-0.05, 0) is 32.4 Å². The monoisotopic (exact) mass is 141 g/mol. The topological polar surface area (TPSA) is 12.0 Å². The van der Waals surface area contributed by atoms with E-state index in [1.807, 2.05) is 7.05 Å². The van der Waals surface area contributed by atoms with Crippen molar-refractivity contribution in [2.45, 2.75) is 26.7 Å². The lowest BCUT2D eigenvalue weighted by molar-refractivity contribution is 0.661. The van der Waals surface area contributed by atoms with Crippen molar-refractivity contribution in [1.29, 1.82) is 0 Å². The van der Waals surface area contributed by atoms with Gasteiger partial charge in [-0.1, -0.05) is 26.0 Å². The van der Waals surface area contributed by atoms with Crippen LogP contribution in [0.25, 0.3) is 0 Å². The summed E-state index contributed by atoms with van der Waals surface area (Å²) in [6.45, 7) is 5.57. The summed E-state index contributed by atoms with van der Waals surface area (Å²) in [6.07, 6.45) is 6.88. The van der Waals surface area contributed by atoms with E-state index in [0.29, 0.717) is 0 Å². The van der Waals surface area contributed by atoms with Gasteiger partial charge in [-0.25, -0.2) is 0 Å². The van der Waals surface area contributed by atoms with Crippen LogP contribution in [0.15, 0.2) is 12.2 Å². The largest absolute Gasteiger partial charge is 0.319 e. The summed E-state index contributed by atoms with van der Waals surface area (Å²) in [5, 5.41) is 3.10. The molecule has 0 aromatic rings. The van der Waals surface area contributed by atoms with Gasteiger partial charge in [0.1, 0.15) is 0 Å². The normalized spacial score (nSPS) is 11.6. The van der Waals surface area contributed by atoms with Crippen LogP contribution < -0.4 is 5.32 Å². The Labute approximate surface area is 64.5 Å². The predicted molar refractivity (Wildman–Crippen MR) is 47.1 cm³/mol. The van der Waals surface area contributed by atoms with E-state index in [9.17, 15) is 0 Å². The van der Waals surface area contributed by atoms with Crippen LogP contribution in [0, 0.1) is 5.92 Å². The average Bonchev–Trinajstić information content (AvgIpc) is 1.87. The van der Waals surface area contributed by atoms with Gasteiger partial charge in [0.25, 0.3) is 0 Å². The second-order valence-corrected chi connectivity index (χ2v) is 2.99. The summed E-state index contributed by atoms with van der Waals surface area (Å²) < 4.78 is 0. The molecule has 0 aliphatic rings. The molecule has 0 rings (SSSR count). The molecule has 0 saturated heterocycles. The van der Waals surface area contributed by atoms with Gasteiger partial charge in [0, 0.05) is 0 Å². The second-order valence-electron chi connectivity index (χ2n) is 2.99.